The minimum Gasteiger partial charge on any atom is -0.508 e. The quantitative estimate of drug-likeness (QED) is 0.884. The highest BCUT2D eigenvalue weighted by atomic mass is 32.1. The second-order valence-corrected chi connectivity index (χ2v) is 7.70. The van der Waals surface area contributed by atoms with E-state index in [2.05, 4.69) is 0 Å². The van der Waals surface area contributed by atoms with Gasteiger partial charge in [0, 0.05) is 31.6 Å². The Morgan fingerprint density at radius 3 is 2.58 bits per heavy atom. The van der Waals surface area contributed by atoms with Crippen LogP contribution in [0.4, 0.5) is 0 Å². The Kier molecular flexibility index (Phi) is 4.68. The maximum atomic E-state index is 13.1. The Balaban J connectivity index is 1.43. The van der Waals surface area contributed by atoms with Gasteiger partial charge in [0.15, 0.2) is 0 Å². The molecule has 0 bridgehead atoms. The van der Waals surface area contributed by atoms with Gasteiger partial charge in [0.25, 0.3) is 5.91 Å². The number of nitrogens with zero attached hydrogens (tertiary/aromatic N) is 2. The molecule has 1 aliphatic heterocycles. The highest BCUT2D eigenvalue weighted by molar-refractivity contribution is 7.08. The number of phenolic OH excluding ortho intramolecular Hbond substituents is 1. The van der Waals surface area contributed by atoms with Gasteiger partial charge in [-0.25, -0.2) is 0 Å². The van der Waals surface area contributed by atoms with Crippen molar-refractivity contribution in [2.45, 2.75) is 25.2 Å². The molecule has 5 nitrogen and oxygen atoms in total. The van der Waals surface area contributed by atoms with Crippen molar-refractivity contribution < 1.29 is 14.7 Å². The van der Waals surface area contributed by atoms with E-state index in [1.54, 1.807) is 6.07 Å². The molecule has 2 heterocycles. The van der Waals surface area contributed by atoms with Gasteiger partial charge in [-0.15, -0.1) is 0 Å². The molecule has 1 N–H and O–H groups in total. The lowest BCUT2D eigenvalue weighted by Crippen LogP contribution is -2.51. The fourth-order valence-electron chi connectivity index (χ4n) is 4.00. The molecule has 1 unspecified atom stereocenters. The number of rotatable bonds is 2. The number of carbonyl (C=O) groups excluding carboxylic acids is 2. The van der Waals surface area contributed by atoms with Crippen LogP contribution in [0, 0.1) is 0 Å². The molecule has 0 spiro atoms. The second kappa shape index (κ2) is 7.11. The molecule has 1 atom stereocenters. The predicted octanol–water partition coefficient (Wildman–Crippen LogP) is 2.86. The lowest BCUT2D eigenvalue weighted by atomic mass is 9.81. The van der Waals surface area contributed by atoms with E-state index in [4.69, 9.17) is 0 Å². The van der Waals surface area contributed by atoms with Gasteiger partial charge in [0.1, 0.15) is 5.75 Å². The third-order valence-corrected chi connectivity index (χ3v) is 6.11. The van der Waals surface area contributed by atoms with Crippen molar-refractivity contribution in [3.8, 4) is 5.75 Å². The first-order chi connectivity index (χ1) is 12.6. The van der Waals surface area contributed by atoms with Crippen LogP contribution in [-0.2, 0) is 11.2 Å². The first-order valence-electron chi connectivity index (χ1n) is 9.06. The molecule has 6 heteroatoms. The highest BCUT2D eigenvalue weighted by Gasteiger charge is 2.33. The summed E-state index contributed by atoms with van der Waals surface area (Å²) < 4.78 is 0. The van der Waals surface area contributed by atoms with Crippen molar-refractivity contribution >= 4 is 23.2 Å². The van der Waals surface area contributed by atoms with Gasteiger partial charge in [-0.1, -0.05) is 12.1 Å². The Morgan fingerprint density at radius 1 is 1.08 bits per heavy atom. The number of benzene rings is 1. The number of thiophene rings is 1. The van der Waals surface area contributed by atoms with Crippen LogP contribution >= 0.6 is 11.3 Å². The highest BCUT2D eigenvalue weighted by Crippen LogP contribution is 2.37. The largest absolute Gasteiger partial charge is 0.508 e. The smallest absolute Gasteiger partial charge is 0.254 e. The first-order valence-corrected chi connectivity index (χ1v) is 10.0. The summed E-state index contributed by atoms with van der Waals surface area (Å²) in [5, 5.41) is 13.9. The van der Waals surface area contributed by atoms with Crippen molar-refractivity contribution in [3.63, 3.8) is 0 Å². The van der Waals surface area contributed by atoms with Crippen LogP contribution in [0.3, 0.4) is 0 Å². The Labute approximate surface area is 156 Å². The normalized spacial score (nSPS) is 19.9. The topological polar surface area (TPSA) is 60.9 Å². The number of hydrogen-bond donors (Lipinski definition) is 1. The predicted molar refractivity (Wildman–Crippen MR) is 101 cm³/mol. The molecule has 4 rings (SSSR count). The first kappa shape index (κ1) is 17.1. The summed E-state index contributed by atoms with van der Waals surface area (Å²) in [6.07, 6.45) is 2.57. The molecule has 1 saturated heterocycles. The SMILES string of the molecule is O=C(c1ccsc1)N1CCN(C(=O)C2CCCc3c(O)cccc32)CC1. The summed E-state index contributed by atoms with van der Waals surface area (Å²) in [6, 6.07) is 7.32. The van der Waals surface area contributed by atoms with E-state index in [0.29, 0.717) is 31.9 Å². The van der Waals surface area contributed by atoms with E-state index in [0.717, 1.165) is 36.0 Å². The number of hydrogen-bond acceptors (Lipinski definition) is 4. The van der Waals surface area contributed by atoms with Crippen LogP contribution < -0.4 is 0 Å². The van der Waals surface area contributed by atoms with Crippen LogP contribution in [0.1, 0.15) is 40.2 Å². The van der Waals surface area contributed by atoms with Gasteiger partial charge < -0.3 is 14.9 Å². The second-order valence-electron chi connectivity index (χ2n) is 6.92. The molecular formula is C20H22N2O3S. The van der Waals surface area contributed by atoms with E-state index in [1.807, 2.05) is 38.8 Å². The van der Waals surface area contributed by atoms with E-state index in [9.17, 15) is 14.7 Å². The number of aromatic hydroxyl groups is 1. The number of piperazine rings is 1. The van der Waals surface area contributed by atoms with E-state index in [-0.39, 0.29) is 17.7 Å². The van der Waals surface area contributed by atoms with Gasteiger partial charge >= 0.3 is 0 Å². The van der Waals surface area contributed by atoms with Crippen molar-refractivity contribution in [2.24, 2.45) is 0 Å². The average Bonchev–Trinajstić information content (AvgIpc) is 3.22. The van der Waals surface area contributed by atoms with E-state index < -0.39 is 0 Å². The van der Waals surface area contributed by atoms with Crippen LogP contribution in [0.25, 0.3) is 0 Å². The zero-order valence-corrected chi connectivity index (χ0v) is 15.4. The van der Waals surface area contributed by atoms with Crippen molar-refractivity contribution in [3.05, 3.63) is 51.7 Å². The number of amides is 2. The van der Waals surface area contributed by atoms with Crippen LogP contribution in [0.15, 0.2) is 35.0 Å². The van der Waals surface area contributed by atoms with Gasteiger partial charge in [-0.2, -0.15) is 11.3 Å². The molecule has 1 aliphatic carbocycles. The molecule has 2 amide bonds. The average molecular weight is 370 g/mol. The van der Waals surface area contributed by atoms with Crippen LogP contribution in [0.2, 0.25) is 0 Å². The molecule has 136 valence electrons. The molecule has 2 aromatic rings. The standard InChI is InChI=1S/C20H22N2O3S/c23-18-6-2-3-15-16(18)4-1-5-17(15)20(25)22-10-8-21(9-11-22)19(24)14-7-12-26-13-14/h2-3,6-7,12-13,17,23H,1,4-5,8-11H2. The molecular weight excluding hydrogens is 348 g/mol. The molecule has 1 aromatic heterocycles. The number of fused-ring (bicyclic) bond motifs is 1. The number of phenols is 1. The fraction of sp³-hybridized carbons (Fsp3) is 0.400. The summed E-state index contributed by atoms with van der Waals surface area (Å²) in [7, 11) is 0. The maximum Gasteiger partial charge on any atom is 0.254 e. The van der Waals surface area contributed by atoms with Crippen LogP contribution in [-0.4, -0.2) is 52.9 Å². The van der Waals surface area contributed by atoms with Gasteiger partial charge in [0.2, 0.25) is 5.91 Å². The molecule has 26 heavy (non-hydrogen) atoms. The fourth-order valence-corrected chi connectivity index (χ4v) is 4.63. The summed E-state index contributed by atoms with van der Waals surface area (Å²) >= 11 is 1.52. The minimum atomic E-state index is -0.176. The van der Waals surface area contributed by atoms with Crippen LogP contribution in [0.5, 0.6) is 5.75 Å². The monoisotopic (exact) mass is 370 g/mol. The summed E-state index contributed by atoms with van der Waals surface area (Å²) in [5.41, 5.74) is 2.62. The lowest BCUT2D eigenvalue weighted by Gasteiger charge is -2.37. The summed E-state index contributed by atoms with van der Waals surface area (Å²) in [6.45, 7) is 2.28. The maximum absolute atomic E-state index is 13.1. The van der Waals surface area contributed by atoms with Crippen molar-refractivity contribution in [2.75, 3.05) is 26.2 Å². The van der Waals surface area contributed by atoms with E-state index in [1.165, 1.54) is 11.3 Å². The molecule has 0 radical (unpaired) electrons. The zero-order valence-electron chi connectivity index (χ0n) is 14.6. The van der Waals surface area contributed by atoms with Gasteiger partial charge in [-0.3, -0.25) is 9.59 Å². The van der Waals surface area contributed by atoms with Crippen molar-refractivity contribution in [1.82, 2.24) is 9.80 Å². The zero-order chi connectivity index (χ0) is 18.1. The minimum absolute atomic E-state index is 0.0475. The lowest BCUT2D eigenvalue weighted by molar-refractivity contribution is -0.134. The molecule has 2 aliphatic rings. The van der Waals surface area contributed by atoms with Gasteiger partial charge in [-0.05, 0) is 47.9 Å². The Morgan fingerprint density at radius 2 is 1.85 bits per heavy atom. The van der Waals surface area contributed by atoms with Gasteiger partial charge in [0.05, 0.1) is 11.5 Å². The summed E-state index contributed by atoms with van der Waals surface area (Å²) in [4.78, 5) is 29.2. The molecule has 0 saturated carbocycles. The third-order valence-electron chi connectivity index (χ3n) is 5.43. The molecule has 1 fully saturated rings. The molecule has 1 aromatic carbocycles. The summed E-state index contributed by atoms with van der Waals surface area (Å²) in [5.74, 6) is 0.293. The number of carbonyl (C=O) groups is 2. The van der Waals surface area contributed by atoms with E-state index >= 15 is 0 Å². The third kappa shape index (κ3) is 3.09. The Bertz CT molecular complexity index is 810. The van der Waals surface area contributed by atoms with Crippen molar-refractivity contribution in [1.29, 1.82) is 0 Å². The Hall–Kier alpha value is -2.34.